The maximum absolute atomic E-state index is 3.14. The van der Waals surface area contributed by atoms with Gasteiger partial charge in [0.25, 0.3) is 0 Å². The molecular weight excluding hydrogens is 146 g/mol. The van der Waals surface area contributed by atoms with Crippen molar-refractivity contribution in [1.29, 1.82) is 0 Å². The minimum Gasteiger partial charge on any atom is -0.362 e. The fourth-order valence-corrected chi connectivity index (χ4v) is 1.17. The lowest BCUT2D eigenvalue weighted by molar-refractivity contribution is 0.730. The molecule has 1 heterocycles. The normalized spacial score (nSPS) is 11.1. The zero-order valence-electron chi connectivity index (χ0n) is 7.72. The van der Waals surface area contributed by atoms with E-state index in [2.05, 4.69) is 30.1 Å². The molecule has 0 radical (unpaired) electrons. The highest BCUT2D eigenvalue weighted by Gasteiger charge is 1.84. The topological polar surface area (TPSA) is 15.8 Å². The van der Waals surface area contributed by atoms with Crippen LogP contribution in [0.1, 0.15) is 38.3 Å². The average molecular weight is 163 g/mol. The standard InChI is InChI=1S/C11H17N/c1-2-3-4-5-6-8-11-9-7-10-12-11/h6-10,12H,2-5H2,1H3. The minimum atomic E-state index is 1.20. The van der Waals surface area contributed by atoms with Crippen LogP contribution >= 0.6 is 0 Å². The van der Waals surface area contributed by atoms with Gasteiger partial charge in [0.15, 0.2) is 0 Å². The smallest absolute Gasteiger partial charge is 0.0377 e. The maximum atomic E-state index is 3.14. The Hall–Kier alpha value is -0.980. The summed E-state index contributed by atoms with van der Waals surface area (Å²) in [5.74, 6) is 0. The third-order valence-electron chi connectivity index (χ3n) is 1.89. The molecule has 0 fully saturated rings. The van der Waals surface area contributed by atoms with Crippen LogP contribution in [0.15, 0.2) is 24.4 Å². The second-order valence-electron chi connectivity index (χ2n) is 3.02. The summed E-state index contributed by atoms with van der Waals surface area (Å²) in [7, 11) is 0. The molecule has 1 aromatic rings. The van der Waals surface area contributed by atoms with Crippen molar-refractivity contribution in [2.24, 2.45) is 0 Å². The van der Waals surface area contributed by atoms with Gasteiger partial charge in [-0.1, -0.05) is 25.8 Å². The molecule has 0 aliphatic rings. The Morgan fingerprint density at radius 2 is 2.33 bits per heavy atom. The fourth-order valence-electron chi connectivity index (χ4n) is 1.17. The third-order valence-corrected chi connectivity index (χ3v) is 1.89. The summed E-state index contributed by atoms with van der Waals surface area (Å²) in [6.07, 6.45) is 11.5. The van der Waals surface area contributed by atoms with Gasteiger partial charge < -0.3 is 4.98 Å². The molecule has 0 aromatic carbocycles. The molecule has 1 aromatic heterocycles. The predicted molar refractivity (Wildman–Crippen MR) is 54.0 cm³/mol. The van der Waals surface area contributed by atoms with Gasteiger partial charge in [-0.05, 0) is 31.1 Å². The SMILES string of the molecule is CCCCCC=Cc1ccc[nH]1. The Balaban J connectivity index is 2.14. The highest BCUT2D eigenvalue weighted by Crippen LogP contribution is 2.03. The number of allylic oxidation sites excluding steroid dienone is 1. The van der Waals surface area contributed by atoms with Crippen molar-refractivity contribution >= 4 is 6.08 Å². The van der Waals surface area contributed by atoms with Crippen LogP contribution < -0.4 is 0 Å². The van der Waals surface area contributed by atoms with Crippen molar-refractivity contribution in [2.45, 2.75) is 32.6 Å². The van der Waals surface area contributed by atoms with Gasteiger partial charge in [-0.3, -0.25) is 0 Å². The maximum Gasteiger partial charge on any atom is 0.0377 e. The summed E-state index contributed by atoms with van der Waals surface area (Å²) >= 11 is 0. The summed E-state index contributed by atoms with van der Waals surface area (Å²) in [5.41, 5.74) is 1.20. The number of hydrogen-bond acceptors (Lipinski definition) is 0. The first-order valence-corrected chi connectivity index (χ1v) is 4.73. The fraction of sp³-hybridized carbons (Fsp3) is 0.455. The molecule has 0 saturated carbocycles. The van der Waals surface area contributed by atoms with E-state index >= 15 is 0 Å². The molecule has 0 amide bonds. The molecule has 0 unspecified atom stereocenters. The van der Waals surface area contributed by atoms with Crippen LogP contribution in [0.4, 0.5) is 0 Å². The predicted octanol–water partition coefficient (Wildman–Crippen LogP) is 3.61. The van der Waals surface area contributed by atoms with Crippen LogP contribution in [-0.2, 0) is 0 Å². The van der Waals surface area contributed by atoms with Gasteiger partial charge in [0.2, 0.25) is 0 Å². The van der Waals surface area contributed by atoms with Gasteiger partial charge in [-0.15, -0.1) is 0 Å². The van der Waals surface area contributed by atoms with E-state index in [1.54, 1.807) is 0 Å². The molecule has 12 heavy (non-hydrogen) atoms. The van der Waals surface area contributed by atoms with Crippen molar-refractivity contribution in [3.05, 3.63) is 30.1 Å². The van der Waals surface area contributed by atoms with Crippen LogP contribution in [0.2, 0.25) is 0 Å². The van der Waals surface area contributed by atoms with Crippen LogP contribution in [-0.4, -0.2) is 4.98 Å². The van der Waals surface area contributed by atoms with Crippen molar-refractivity contribution in [2.75, 3.05) is 0 Å². The molecule has 1 rings (SSSR count). The van der Waals surface area contributed by atoms with Gasteiger partial charge in [-0.25, -0.2) is 0 Å². The molecule has 0 spiro atoms. The summed E-state index contributed by atoms with van der Waals surface area (Å²) < 4.78 is 0. The van der Waals surface area contributed by atoms with Gasteiger partial charge in [0.05, 0.1) is 0 Å². The molecule has 66 valence electrons. The van der Waals surface area contributed by atoms with Crippen LogP contribution in [0, 0.1) is 0 Å². The molecule has 1 nitrogen and oxygen atoms in total. The summed E-state index contributed by atoms with van der Waals surface area (Å²) in [5, 5.41) is 0. The van der Waals surface area contributed by atoms with E-state index in [0.29, 0.717) is 0 Å². The van der Waals surface area contributed by atoms with E-state index in [1.165, 1.54) is 31.4 Å². The van der Waals surface area contributed by atoms with Gasteiger partial charge in [-0.2, -0.15) is 0 Å². The molecule has 0 bridgehead atoms. The third kappa shape index (κ3) is 3.42. The first-order valence-electron chi connectivity index (χ1n) is 4.73. The second kappa shape index (κ2) is 5.64. The molecule has 1 N–H and O–H groups in total. The Labute approximate surface area is 74.5 Å². The largest absolute Gasteiger partial charge is 0.362 e. The number of hydrogen-bond donors (Lipinski definition) is 1. The number of nitrogens with one attached hydrogen (secondary N) is 1. The Morgan fingerprint density at radius 3 is 3.00 bits per heavy atom. The highest BCUT2D eigenvalue weighted by atomic mass is 14.7. The molecule has 1 heteroatoms. The minimum absolute atomic E-state index is 1.20. The van der Waals surface area contributed by atoms with Crippen molar-refractivity contribution in [3.63, 3.8) is 0 Å². The molecule has 0 aliphatic heterocycles. The summed E-state index contributed by atoms with van der Waals surface area (Å²) in [6, 6.07) is 4.10. The molecule has 0 saturated heterocycles. The zero-order valence-corrected chi connectivity index (χ0v) is 7.72. The van der Waals surface area contributed by atoms with Crippen LogP contribution in [0.3, 0.4) is 0 Å². The second-order valence-corrected chi connectivity index (χ2v) is 3.02. The lowest BCUT2D eigenvalue weighted by atomic mass is 10.2. The lowest BCUT2D eigenvalue weighted by Gasteiger charge is -1.90. The quantitative estimate of drug-likeness (QED) is 0.638. The molecular formula is C11H17N. The monoisotopic (exact) mass is 163 g/mol. The van der Waals surface area contributed by atoms with Gasteiger partial charge >= 0.3 is 0 Å². The number of aromatic nitrogens is 1. The van der Waals surface area contributed by atoms with Crippen molar-refractivity contribution in [3.8, 4) is 0 Å². The lowest BCUT2D eigenvalue weighted by Crippen LogP contribution is -1.71. The zero-order chi connectivity index (χ0) is 8.65. The van der Waals surface area contributed by atoms with E-state index in [0.717, 1.165) is 0 Å². The first-order chi connectivity index (χ1) is 5.93. The molecule has 0 atom stereocenters. The molecule has 0 aliphatic carbocycles. The Morgan fingerprint density at radius 1 is 1.42 bits per heavy atom. The highest BCUT2D eigenvalue weighted by molar-refractivity contribution is 5.43. The van der Waals surface area contributed by atoms with Crippen molar-refractivity contribution < 1.29 is 0 Å². The first kappa shape index (κ1) is 9.11. The summed E-state index contributed by atoms with van der Waals surface area (Å²) in [4.78, 5) is 3.14. The number of rotatable bonds is 5. The number of unbranched alkanes of at least 4 members (excludes halogenated alkanes) is 3. The van der Waals surface area contributed by atoms with E-state index < -0.39 is 0 Å². The van der Waals surface area contributed by atoms with Gasteiger partial charge in [0, 0.05) is 11.9 Å². The summed E-state index contributed by atoms with van der Waals surface area (Å²) in [6.45, 7) is 2.23. The van der Waals surface area contributed by atoms with Crippen LogP contribution in [0.5, 0.6) is 0 Å². The van der Waals surface area contributed by atoms with E-state index in [9.17, 15) is 0 Å². The number of H-pyrrole nitrogens is 1. The van der Waals surface area contributed by atoms with E-state index in [4.69, 9.17) is 0 Å². The van der Waals surface area contributed by atoms with Crippen molar-refractivity contribution in [1.82, 2.24) is 4.98 Å². The van der Waals surface area contributed by atoms with E-state index in [1.807, 2.05) is 12.3 Å². The van der Waals surface area contributed by atoms with E-state index in [-0.39, 0.29) is 0 Å². The average Bonchev–Trinajstić information content (AvgIpc) is 2.57. The van der Waals surface area contributed by atoms with Gasteiger partial charge in [0.1, 0.15) is 0 Å². The van der Waals surface area contributed by atoms with Crippen LogP contribution in [0.25, 0.3) is 6.08 Å². The Kier molecular flexibility index (Phi) is 4.28. The number of aromatic amines is 1. The Bertz CT molecular complexity index is 209.